The Balaban J connectivity index is 2.54. The summed E-state index contributed by atoms with van der Waals surface area (Å²) in [6.45, 7) is 0. The van der Waals surface area contributed by atoms with Crippen LogP contribution >= 0.6 is 0 Å². The molecule has 4 nitrogen and oxygen atoms in total. The summed E-state index contributed by atoms with van der Waals surface area (Å²) in [6.07, 6.45) is 0. The van der Waals surface area contributed by atoms with Crippen LogP contribution in [-0.2, 0) is 0 Å². The van der Waals surface area contributed by atoms with Crippen molar-refractivity contribution < 1.29 is 4.39 Å². The number of nitrogens with zero attached hydrogens (tertiary/aromatic N) is 1. The number of halogens is 1. The average molecular weight is 205 g/mol. The monoisotopic (exact) mass is 205 g/mol. The van der Waals surface area contributed by atoms with E-state index in [0.717, 1.165) is 0 Å². The number of hydrogen-bond acceptors (Lipinski definition) is 3. The molecule has 0 amide bonds. The summed E-state index contributed by atoms with van der Waals surface area (Å²) in [5.74, 6) is -0.193. The molecule has 0 aliphatic rings. The molecular weight excluding hydrogens is 197 g/mol. The standard InChI is InChI=1S/C10H8FN3O/c11-7-3-1-6(2-4-7)8-5-9(12)14-10(15)13-8/h1-5H,(H3,12,13,14,15). The molecule has 0 fully saturated rings. The third-order valence-electron chi connectivity index (χ3n) is 1.92. The van der Waals surface area contributed by atoms with Crippen molar-refractivity contribution in [3.8, 4) is 11.3 Å². The molecule has 1 aromatic heterocycles. The van der Waals surface area contributed by atoms with Crippen LogP contribution in [0.5, 0.6) is 0 Å². The summed E-state index contributed by atoms with van der Waals surface area (Å²) in [6, 6.07) is 7.25. The molecule has 15 heavy (non-hydrogen) atoms. The highest BCUT2D eigenvalue weighted by molar-refractivity contribution is 5.61. The van der Waals surface area contributed by atoms with Gasteiger partial charge < -0.3 is 10.7 Å². The molecule has 0 bridgehead atoms. The molecule has 0 atom stereocenters. The van der Waals surface area contributed by atoms with Gasteiger partial charge in [-0.3, -0.25) is 0 Å². The number of rotatable bonds is 1. The van der Waals surface area contributed by atoms with Crippen LogP contribution in [0.3, 0.4) is 0 Å². The first-order valence-electron chi connectivity index (χ1n) is 4.28. The minimum atomic E-state index is -0.519. The van der Waals surface area contributed by atoms with Gasteiger partial charge in [-0.05, 0) is 29.8 Å². The predicted molar refractivity (Wildman–Crippen MR) is 54.7 cm³/mol. The molecule has 0 aliphatic carbocycles. The Kier molecular flexibility index (Phi) is 2.21. The maximum Gasteiger partial charge on any atom is 0.347 e. The SMILES string of the molecule is Nc1cc(-c2ccc(F)cc2)[nH]c(=O)n1. The number of aromatic nitrogens is 2. The Hall–Kier alpha value is -2.17. The summed E-state index contributed by atoms with van der Waals surface area (Å²) in [4.78, 5) is 17.0. The molecule has 0 saturated heterocycles. The highest BCUT2D eigenvalue weighted by Crippen LogP contribution is 2.16. The van der Waals surface area contributed by atoms with Crippen molar-refractivity contribution in [2.75, 3.05) is 5.73 Å². The number of aromatic amines is 1. The molecule has 0 unspecified atom stereocenters. The van der Waals surface area contributed by atoms with Gasteiger partial charge in [-0.1, -0.05) is 0 Å². The highest BCUT2D eigenvalue weighted by atomic mass is 19.1. The number of H-pyrrole nitrogens is 1. The van der Waals surface area contributed by atoms with Crippen LogP contribution in [0, 0.1) is 5.82 Å². The lowest BCUT2D eigenvalue weighted by Gasteiger charge is -2.01. The molecule has 3 N–H and O–H groups in total. The molecule has 0 aliphatic heterocycles. The maximum atomic E-state index is 12.7. The van der Waals surface area contributed by atoms with E-state index in [1.165, 1.54) is 18.2 Å². The van der Waals surface area contributed by atoms with E-state index >= 15 is 0 Å². The second-order valence-corrected chi connectivity index (χ2v) is 3.03. The zero-order chi connectivity index (χ0) is 10.8. The number of benzene rings is 1. The molecule has 76 valence electrons. The molecule has 0 saturated carbocycles. The smallest absolute Gasteiger partial charge is 0.347 e. The van der Waals surface area contributed by atoms with Crippen molar-refractivity contribution in [1.29, 1.82) is 0 Å². The van der Waals surface area contributed by atoms with E-state index in [2.05, 4.69) is 9.97 Å². The van der Waals surface area contributed by atoms with Crippen LogP contribution in [0.25, 0.3) is 11.3 Å². The average Bonchev–Trinajstić information content (AvgIpc) is 2.17. The van der Waals surface area contributed by atoms with Crippen molar-refractivity contribution >= 4 is 5.82 Å². The number of anilines is 1. The Bertz CT molecular complexity index is 533. The fourth-order valence-electron chi connectivity index (χ4n) is 1.26. The minimum absolute atomic E-state index is 0.137. The largest absolute Gasteiger partial charge is 0.383 e. The van der Waals surface area contributed by atoms with Crippen LogP contribution in [0.4, 0.5) is 10.2 Å². The van der Waals surface area contributed by atoms with Crippen LogP contribution < -0.4 is 11.4 Å². The topological polar surface area (TPSA) is 71.8 Å². The van der Waals surface area contributed by atoms with E-state index in [1.807, 2.05) is 0 Å². The van der Waals surface area contributed by atoms with Gasteiger partial charge in [0, 0.05) is 6.07 Å². The van der Waals surface area contributed by atoms with E-state index in [4.69, 9.17) is 5.73 Å². The van der Waals surface area contributed by atoms with Crippen molar-refractivity contribution in [2.45, 2.75) is 0 Å². The molecule has 0 radical (unpaired) electrons. The third-order valence-corrected chi connectivity index (χ3v) is 1.92. The highest BCUT2D eigenvalue weighted by Gasteiger charge is 2.01. The van der Waals surface area contributed by atoms with Gasteiger partial charge in [0.25, 0.3) is 0 Å². The number of nitrogens with one attached hydrogen (secondary N) is 1. The third kappa shape index (κ3) is 2.01. The van der Waals surface area contributed by atoms with Gasteiger partial charge >= 0.3 is 5.69 Å². The molecule has 2 rings (SSSR count). The zero-order valence-electron chi connectivity index (χ0n) is 7.70. The van der Waals surface area contributed by atoms with Gasteiger partial charge in [0.2, 0.25) is 0 Å². The lowest BCUT2D eigenvalue weighted by molar-refractivity contribution is 0.628. The van der Waals surface area contributed by atoms with Crippen LogP contribution in [0.15, 0.2) is 35.1 Å². The Labute approximate surface area is 84.6 Å². The molecule has 5 heteroatoms. The van der Waals surface area contributed by atoms with Crippen LogP contribution in [0.2, 0.25) is 0 Å². The molecular formula is C10H8FN3O. The first-order chi connectivity index (χ1) is 7.15. The van der Waals surface area contributed by atoms with E-state index < -0.39 is 5.69 Å². The van der Waals surface area contributed by atoms with Gasteiger partial charge in [-0.2, -0.15) is 4.98 Å². The fourth-order valence-corrected chi connectivity index (χ4v) is 1.26. The quantitative estimate of drug-likeness (QED) is 0.733. The van der Waals surface area contributed by atoms with Crippen LogP contribution in [-0.4, -0.2) is 9.97 Å². The molecule has 1 heterocycles. The van der Waals surface area contributed by atoms with Crippen molar-refractivity contribution in [1.82, 2.24) is 9.97 Å². The summed E-state index contributed by atoms with van der Waals surface area (Å²) < 4.78 is 12.7. The molecule has 1 aromatic carbocycles. The summed E-state index contributed by atoms with van der Waals surface area (Å²) in [5.41, 5.74) is 6.11. The lowest BCUT2D eigenvalue weighted by Crippen LogP contribution is -2.12. The second-order valence-electron chi connectivity index (χ2n) is 3.03. The zero-order valence-corrected chi connectivity index (χ0v) is 7.70. The van der Waals surface area contributed by atoms with Crippen LogP contribution in [0.1, 0.15) is 0 Å². The van der Waals surface area contributed by atoms with E-state index in [9.17, 15) is 9.18 Å². The van der Waals surface area contributed by atoms with Gasteiger partial charge in [-0.25, -0.2) is 9.18 Å². The first-order valence-corrected chi connectivity index (χ1v) is 4.28. The summed E-state index contributed by atoms with van der Waals surface area (Å²) in [5, 5.41) is 0. The normalized spacial score (nSPS) is 10.2. The summed E-state index contributed by atoms with van der Waals surface area (Å²) >= 11 is 0. The second kappa shape index (κ2) is 3.53. The van der Waals surface area contributed by atoms with Gasteiger partial charge in [0.1, 0.15) is 11.6 Å². The molecule has 0 spiro atoms. The van der Waals surface area contributed by atoms with Gasteiger partial charge in [0.05, 0.1) is 5.69 Å². The first kappa shape index (κ1) is 9.39. The number of nitrogen functional groups attached to an aromatic ring is 1. The summed E-state index contributed by atoms with van der Waals surface area (Å²) in [7, 11) is 0. The minimum Gasteiger partial charge on any atom is -0.383 e. The van der Waals surface area contributed by atoms with Gasteiger partial charge in [0.15, 0.2) is 0 Å². The molecule has 2 aromatic rings. The Morgan fingerprint density at radius 1 is 1.27 bits per heavy atom. The van der Waals surface area contributed by atoms with Gasteiger partial charge in [-0.15, -0.1) is 0 Å². The van der Waals surface area contributed by atoms with E-state index in [0.29, 0.717) is 11.3 Å². The Morgan fingerprint density at radius 2 is 1.93 bits per heavy atom. The van der Waals surface area contributed by atoms with Crippen molar-refractivity contribution in [3.63, 3.8) is 0 Å². The van der Waals surface area contributed by atoms with Crippen molar-refractivity contribution in [2.24, 2.45) is 0 Å². The predicted octanol–water partition coefficient (Wildman–Crippen LogP) is 1.16. The fraction of sp³-hybridized carbons (Fsp3) is 0. The van der Waals surface area contributed by atoms with Crippen molar-refractivity contribution in [3.05, 3.63) is 46.6 Å². The van der Waals surface area contributed by atoms with E-state index in [1.54, 1.807) is 12.1 Å². The number of hydrogen-bond donors (Lipinski definition) is 2. The number of nitrogens with two attached hydrogens (primary N) is 1. The lowest BCUT2D eigenvalue weighted by atomic mass is 10.1. The Morgan fingerprint density at radius 3 is 2.53 bits per heavy atom. The maximum absolute atomic E-state index is 12.7. The van der Waals surface area contributed by atoms with E-state index in [-0.39, 0.29) is 11.6 Å².